The fourth-order valence-electron chi connectivity index (χ4n) is 2.81. The molecule has 0 heterocycles. The second kappa shape index (κ2) is 10.1. The first-order chi connectivity index (χ1) is 8.90. The van der Waals surface area contributed by atoms with Gasteiger partial charge in [-0.15, -0.1) is 47.8 Å². The van der Waals surface area contributed by atoms with Gasteiger partial charge in [-0.1, -0.05) is 66.2 Å². The van der Waals surface area contributed by atoms with E-state index in [0.29, 0.717) is 0 Å². The van der Waals surface area contributed by atoms with Crippen LogP contribution in [-0.2, 0) is 25.8 Å². The molecule has 0 nitrogen and oxygen atoms in total. The van der Waals surface area contributed by atoms with Crippen LogP contribution >= 0.6 is 34.0 Å². The average molecular weight is 611 g/mol. The van der Waals surface area contributed by atoms with Crippen molar-refractivity contribution in [1.82, 2.24) is 0 Å². The van der Waals surface area contributed by atoms with Gasteiger partial charge in [0.25, 0.3) is 0 Å². The molecule has 0 aromatic heterocycles. The second-order valence-electron chi connectivity index (χ2n) is 7.25. The molecule has 0 atom stereocenters. The Morgan fingerprint density at radius 1 is 0.565 bits per heavy atom. The molecule has 0 aliphatic heterocycles. The second-order valence-corrected chi connectivity index (χ2v) is 7.25. The molecule has 3 heteroatoms. The molecule has 2 rings (SSSR count). The van der Waals surface area contributed by atoms with Crippen molar-refractivity contribution >= 4 is 34.0 Å². The van der Waals surface area contributed by atoms with Gasteiger partial charge in [0.15, 0.2) is 0 Å². The zero-order valence-electron chi connectivity index (χ0n) is 16.3. The first-order valence-corrected chi connectivity index (χ1v) is 7.50. The summed E-state index contributed by atoms with van der Waals surface area (Å²) in [6.07, 6.45) is 6.87. The quantitative estimate of drug-likeness (QED) is 0.198. The SMILES string of the molecule is Br.Br.CC1=[C-]C(C)(C)C(C)=C1C.CC1=[C-]C(C)(C)C(C)=C1C.[Hf]. The molecule has 23 heavy (non-hydrogen) atoms. The van der Waals surface area contributed by atoms with Gasteiger partial charge in [0, 0.05) is 25.8 Å². The summed E-state index contributed by atoms with van der Waals surface area (Å²) in [4.78, 5) is 0. The largest absolute Gasteiger partial charge is 0.263 e. The Bertz CT molecular complexity index is 494. The van der Waals surface area contributed by atoms with Crippen LogP contribution < -0.4 is 0 Å². The number of rotatable bonds is 0. The average Bonchev–Trinajstić information content (AvgIpc) is 2.60. The van der Waals surface area contributed by atoms with E-state index in [0.717, 1.165) is 0 Å². The maximum atomic E-state index is 3.44. The molecule has 0 amide bonds. The van der Waals surface area contributed by atoms with E-state index < -0.39 is 0 Å². The van der Waals surface area contributed by atoms with Crippen LogP contribution in [-0.4, -0.2) is 0 Å². The number of halogens is 2. The smallest absolute Gasteiger partial charge is 0 e. The van der Waals surface area contributed by atoms with Crippen molar-refractivity contribution < 1.29 is 25.8 Å². The molecule has 0 radical (unpaired) electrons. The Labute approximate surface area is 184 Å². The van der Waals surface area contributed by atoms with Crippen LogP contribution in [0.25, 0.3) is 0 Å². The number of hydrogen-bond acceptors (Lipinski definition) is 0. The molecular formula is C20H32Br2Hf-2. The zero-order chi connectivity index (χ0) is 15.9. The first-order valence-electron chi connectivity index (χ1n) is 7.50. The summed E-state index contributed by atoms with van der Waals surface area (Å²) in [6, 6.07) is 0. The van der Waals surface area contributed by atoms with Crippen molar-refractivity contribution in [2.45, 2.75) is 69.2 Å². The summed E-state index contributed by atoms with van der Waals surface area (Å²) in [5, 5.41) is 0. The zero-order valence-corrected chi connectivity index (χ0v) is 23.3. The third-order valence-electron chi connectivity index (χ3n) is 5.12. The van der Waals surface area contributed by atoms with Crippen LogP contribution in [0.15, 0.2) is 33.4 Å². The molecule has 0 aromatic carbocycles. The van der Waals surface area contributed by atoms with Gasteiger partial charge in [-0.05, 0) is 0 Å². The molecule has 0 fully saturated rings. The Hall–Kier alpha value is 0.790. The minimum Gasteiger partial charge on any atom is -0.263 e. The summed E-state index contributed by atoms with van der Waals surface area (Å²) in [7, 11) is 0. The first kappa shape index (κ1) is 28.6. The standard InChI is InChI=1S/2C10H15.2BrH.Hf/c2*1-7-6-10(4,5)9(3)8(7)2;;;/h2*1-5H3;2*1H;/q2*-1;;;. The molecule has 2 aliphatic carbocycles. The minimum absolute atomic E-state index is 0. The van der Waals surface area contributed by atoms with Gasteiger partial charge in [-0.2, -0.15) is 22.3 Å². The van der Waals surface area contributed by atoms with Crippen molar-refractivity contribution in [2.75, 3.05) is 0 Å². The fourth-order valence-corrected chi connectivity index (χ4v) is 2.81. The van der Waals surface area contributed by atoms with Crippen molar-refractivity contribution in [3.63, 3.8) is 0 Å². The van der Waals surface area contributed by atoms with Crippen LogP contribution in [0, 0.1) is 23.0 Å². The van der Waals surface area contributed by atoms with Gasteiger partial charge in [0.1, 0.15) is 0 Å². The number of hydrogen-bond donors (Lipinski definition) is 0. The molecule has 2 aliphatic rings. The van der Waals surface area contributed by atoms with Gasteiger partial charge in [-0.3, -0.25) is 12.2 Å². The summed E-state index contributed by atoms with van der Waals surface area (Å²) < 4.78 is 0. The van der Waals surface area contributed by atoms with Gasteiger partial charge < -0.3 is 0 Å². The summed E-state index contributed by atoms with van der Waals surface area (Å²) >= 11 is 0. The molecule has 0 saturated carbocycles. The Kier molecular flexibility index (Phi) is 12.5. The summed E-state index contributed by atoms with van der Waals surface area (Å²) in [6.45, 7) is 21.8. The van der Waals surface area contributed by atoms with Crippen molar-refractivity contribution in [1.29, 1.82) is 0 Å². The predicted octanol–water partition coefficient (Wildman–Crippen LogP) is 7.38. The van der Waals surface area contributed by atoms with E-state index in [1.54, 1.807) is 0 Å². The van der Waals surface area contributed by atoms with Gasteiger partial charge in [0.05, 0.1) is 0 Å². The van der Waals surface area contributed by atoms with Gasteiger partial charge >= 0.3 is 0 Å². The predicted molar refractivity (Wildman–Crippen MR) is 110 cm³/mol. The Morgan fingerprint density at radius 3 is 0.826 bits per heavy atom. The van der Waals surface area contributed by atoms with E-state index in [4.69, 9.17) is 0 Å². The van der Waals surface area contributed by atoms with Crippen LogP contribution in [0.3, 0.4) is 0 Å². The van der Waals surface area contributed by atoms with Gasteiger partial charge in [-0.25, -0.2) is 11.1 Å². The Balaban J connectivity index is -0.000000308. The molecule has 0 bridgehead atoms. The monoisotopic (exact) mass is 610 g/mol. The third kappa shape index (κ3) is 6.55. The molecule has 0 aromatic rings. The molecule has 0 N–H and O–H groups in total. The van der Waals surface area contributed by atoms with Crippen LogP contribution in [0.1, 0.15) is 69.2 Å². The van der Waals surface area contributed by atoms with Crippen molar-refractivity contribution in [2.24, 2.45) is 10.8 Å². The van der Waals surface area contributed by atoms with E-state index in [1.165, 1.54) is 33.4 Å². The van der Waals surface area contributed by atoms with Crippen LogP contribution in [0.5, 0.6) is 0 Å². The topological polar surface area (TPSA) is 0 Å². The van der Waals surface area contributed by atoms with Crippen LogP contribution in [0.4, 0.5) is 0 Å². The van der Waals surface area contributed by atoms with E-state index in [-0.39, 0.29) is 70.6 Å². The molecular weight excluding hydrogens is 579 g/mol. The molecule has 0 saturated heterocycles. The fraction of sp³-hybridized carbons (Fsp3) is 0.600. The van der Waals surface area contributed by atoms with E-state index in [9.17, 15) is 0 Å². The normalized spacial score (nSPS) is 20.4. The summed E-state index contributed by atoms with van der Waals surface area (Å²) in [5.74, 6) is 0. The van der Waals surface area contributed by atoms with Crippen molar-refractivity contribution in [3.05, 3.63) is 45.6 Å². The third-order valence-corrected chi connectivity index (χ3v) is 5.12. The maximum absolute atomic E-state index is 3.44. The van der Waals surface area contributed by atoms with E-state index in [1.807, 2.05) is 0 Å². The van der Waals surface area contributed by atoms with E-state index in [2.05, 4.69) is 81.4 Å². The van der Waals surface area contributed by atoms with Crippen molar-refractivity contribution in [3.8, 4) is 0 Å². The van der Waals surface area contributed by atoms with Gasteiger partial charge in [0.2, 0.25) is 0 Å². The number of allylic oxidation sites excluding steroid dienone is 8. The molecule has 0 unspecified atom stereocenters. The molecule has 0 spiro atoms. The van der Waals surface area contributed by atoms with E-state index >= 15 is 0 Å². The molecule has 132 valence electrons. The van der Waals surface area contributed by atoms with Crippen LogP contribution in [0.2, 0.25) is 0 Å². The Morgan fingerprint density at radius 2 is 0.783 bits per heavy atom. The minimum atomic E-state index is 0. The summed E-state index contributed by atoms with van der Waals surface area (Å²) in [5.41, 5.74) is 8.79. The maximum Gasteiger partial charge on any atom is 0 e.